The number of aliphatic carboxylic acids is 1. The van der Waals surface area contributed by atoms with Gasteiger partial charge in [0.25, 0.3) is 0 Å². The minimum Gasteiger partial charge on any atom is -0.481 e. The van der Waals surface area contributed by atoms with E-state index in [2.05, 4.69) is 55.1 Å². The normalized spacial score (nSPS) is 18.1. The fourth-order valence-electron chi connectivity index (χ4n) is 5.46. The predicted octanol–water partition coefficient (Wildman–Crippen LogP) is 5.46. The van der Waals surface area contributed by atoms with Crippen molar-refractivity contribution >= 4 is 28.3 Å². The van der Waals surface area contributed by atoms with Gasteiger partial charge in [0.2, 0.25) is 0 Å². The van der Waals surface area contributed by atoms with Crippen LogP contribution in [0.15, 0.2) is 64.6 Å². The molecule has 3 aromatic rings. The largest absolute Gasteiger partial charge is 0.481 e. The van der Waals surface area contributed by atoms with Crippen LogP contribution in [0.2, 0.25) is 0 Å². The summed E-state index contributed by atoms with van der Waals surface area (Å²) in [7, 11) is 0. The summed E-state index contributed by atoms with van der Waals surface area (Å²) in [6, 6.07) is 20.9. The number of piperidine rings is 1. The SMILES string of the molecule is CC(C)Cc1ccc(C2=NC(c3ccc(CN4CCCC(C(=O)O)C4)c4ccccc34)=NC2)cc1C#N. The van der Waals surface area contributed by atoms with Crippen molar-refractivity contribution in [3.8, 4) is 6.07 Å². The lowest BCUT2D eigenvalue weighted by atomic mass is 9.95. The molecule has 1 saturated heterocycles. The number of hydrogen-bond acceptors (Lipinski definition) is 5. The average molecular weight is 493 g/mol. The lowest BCUT2D eigenvalue weighted by Crippen LogP contribution is -2.38. The molecule has 1 fully saturated rings. The minimum atomic E-state index is -0.700. The second-order valence-corrected chi connectivity index (χ2v) is 10.5. The second-order valence-electron chi connectivity index (χ2n) is 10.5. The number of carboxylic acid groups (broad SMARTS) is 1. The molecule has 2 aliphatic rings. The van der Waals surface area contributed by atoms with Gasteiger partial charge in [-0.15, -0.1) is 0 Å². The molecule has 1 atom stereocenters. The van der Waals surface area contributed by atoms with E-state index in [1.54, 1.807) is 0 Å². The highest BCUT2D eigenvalue weighted by Crippen LogP contribution is 2.28. The van der Waals surface area contributed by atoms with E-state index in [4.69, 9.17) is 9.98 Å². The number of hydrogen-bond donors (Lipinski definition) is 1. The van der Waals surface area contributed by atoms with Crippen LogP contribution in [0.4, 0.5) is 0 Å². The van der Waals surface area contributed by atoms with Gasteiger partial charge in [0, 0.05) is 18.7 Å². The van der Waals surface area contributed by atoms with Crippen LogP contribution < -0.4 is 0 Å². The van der Waals surface area contributed by atoms with Crippen LogP contribution in [-0.4, -0.2) is 47.2 Å². The van der Waals surface area contributed by atoms with Crippen molar-refractivity contribution in [2.45, 2.75) is 39.7 Å². The Morgan fingerprint density at radius 1 is 1.14 bits per heavy atom. The lowest BCUT2D eigenvalue weighted by molar-refractivity contribution is -0.143. The van der Waals surface area contributed by atoms with Crippen LogP contribution in [0.25, 0.3) is 10.8 Å². The maximum Gasteiger partial charge on any atom is 0.307 e. The zero-order chi connectivity index (χ0) is 25.9. The van der Waals surface area contributed by atoms with E-state index in [1.807, 2.05) is 24.3 Å². The fourth-order valence-corrected chi connectivity index (χ4v) is 5.46. The first-order valence-corrected chi connectivity index (χ1v) is 13.0. The van der Waals surface area contributed by atoms with Crippen molar-refractivity contribution in [3.63, 3.8) is 0 Å². The highest BCUT2D eigenvalue weighted by molar-refractivity contribution is 6.21. The molecule has 2 heterocycles. The molecule has 6 heteroatoms. The summed E-state index contributed by atoms with van der Waals surface area (Å²) in [4.78, 5) is 23.4. The average Bonchev–Trinajstić information content (AvgIpc) is 3.39. The Bertz CT molecular complexity index is 1450. The summed E-state index contributed by atoms with van der Waals surface area (Å²) in [5.41, 5.74) is 5.79. The molecule has 6 nitrogen and oxygen atoms in total. The van der Waals surface area contributed by atoms with Gasteiger partial charge in [-0.2, -0.15) is 5.26 Å². The summed E-state index contributed by atoms with van der Waals surface area (Å²) in [6.45, 7) is 7.04. The van der Waals surface area contributed by atoms with Gasteiger partial charge < -0.3 is 5.11 Å². The Morgan fingerprint density at radius 2 is 1.92 bits per heavy atom. The number of carboxylic acids is 1. The maximum absolute atomic E-state index is 11.5. The maximum atomic E-state index is 11.5. The van der Waals surface area contributed by atoms with Gasteiger partial charge in [0.15, 0.2) is 5.84 Å². The van der Waals surface area contributed by atoms with Crippen LogP contribution in [0.3, 0.4) is 0 Å². The number of fused-ring (bicyclic) bond motifs is 1. The number of amidine groups is 1. The van der Waals surface area contributed by atoms with Crippen molar-refractivity contribution in [1.82, 2.24) is 4.90 Å². The van der Waals surface area contributed by atoms with Crippen LogP contribution in [0.5, 0.6) is 0 Å². The minimum absolute atomic E-state index is 0.291. The number of nitrogens with zero attached hydrogens (tertiary/aromatic N) is 4. The fraction of sp³-hybridized carbons (Fsp3) is 0.355. The molecule has 1 N–H and O–H groups in total. The Kier molecular flexibility index (Phi) is 7.16. The van der Waals surface area contributed by atoms with Gasteiger partial charge in [-0.05, 0) is 65.3 Å². The van der Waals surface area contributed by atoms with Gasteiger partial charge in [-0.1, -0.05) is 62.4 Å². The molecule has 0 radical (unpaired) electrons. The van der Waals surface area contributed by atoms with Gasteiger partial charge >= 0.3 is 5.97 Å². The highest BCUT2D eigenvalue weighted by Gasteiger charge is 2.26. The summed E-state index contributed by atoms with van der Waals surface area (Å²) >= 11 is 0. The first-order chi connectivity index (χ1) is 17.9. The van der Waals surface area contributed by atoms with E-state index in [9.17, 15) is 15.2 Å². The third kappa shape index (κ3) is 5.33. The Morgan fingerprint density at radius 3 is 2.68 bits per heavy atom. The smallest absolute Gasteiger partial charge is 0.307 e. The van der Waals surface area contributed by atoms with Gasteiger partial charge in [-0.25, -0.2) is 4.99 Å². The predicted molar refractivity (Wildman–Crippen MR) is 147 cm³/mol. The Hall–Kier alpha value is -3.82. The molecular formula is C31H32N4O2. The van der Waals surface area contributed by atoms with Crippen LogP contribution >= 0.6 is 0 Å². The number of aliphatic imine (C=N–C) groups is 2. The van der Waals surface area contributed by atoms with Crippen molar-refractivity contribution in [2.24, 2.45) is 21.8 Å². The Balaban J connectivity index is 1.42. The van der Waals surface area contributed by atoms with Gasteiger partial charge in [0.05, 0.1) is 29.8 Å². The van der Waals surface area contributed by atoms with Gasteiger partial charge in [0.1, 0.15) is 0 Å². The number of nitriles is 1. The van der Waals surface area contributed by atoms with E-state index in [0.29, 0.717) is 30.4 Å². The molecule has 0 spiro atoms. The zero-order valence-electron chi connectivity index (χ0n) is 21.4. The molecule has 0 saturated carbocycles. The topological polar surface area (TPSA) is 89.1 Å². The first-order valence-electron chi connectivity index (χ1n) is 13.0. The molecule has 0 aliphatic carbocycles. The molecule has 1 unspecified atom stereocenters. The quantitative estimate of drug-likeness (QED) is 0.475. The summed E-state index contributed by atoms with van der Waals surface area (Å²) in [5, 5.41) is 21.4. The lowest BCUT2D eigenvalue weighted by Gasteiger charge is -2.31. The number of rotatable bonds is 7. The monoisotopic (exact) mass is 492 g/mol. The van der Waals surface area contributed by atoms with Crippen LogP contribution in [0, 0.1) is 23.2 Å². The molecule has 0 bridgehead atoms. The summed E-state index contributed by atoms with van der Waals surface area (Å²) in [5.74, 6) is 0.211. The summed E-state index contributed by atoms with van der Waals surface area (Å²) < 4.78 is 0. The molecule has 0 amide bonds. The van der Waals surface area contributed by atoms with Crippen molar-refractivity contribution in [1.29, 1.82) is 5.26 Å². The van der Waals surface area contributed by atoms with Crippen LogP contribution in [-0.2, 0) is 17.8 Å². The van der Waals surface area contributed by atoms with E-state index < -0.39 is 5.97 Å². The molecule has 37 heavy (non-hydrogen) atoms. The Labute approximate surface area is 218 Å². The summed E-state index contributed by atoms with van der Waals surface area (Å²) in [6.07, 6.45) is 2.54. The molecule has 0 aromatic heterocycles. The number of likely N-dealkylation sites (tertiary alicyclic amines) is 1. The van der Waals surface area contributed by atoms with Crippen molar-refractivity contribution in [3.05, 3.63) is 82.4 Å². The third-order valence-electron chi connectivity index (χ3n) is 7.32. The van der Waals surface area contributed by atoms with E-state index in [0.717, 1.165) is 65.5 Å². The molecular weight excluding hydrogens is 460 g/mol. The van der Waals surface area contributed by atoms with E-state index >= 15 is 0 Å². The molecule has 3 aromatic carbocycles. The van der Waals surface area contributed by atoms with Gasteiger partial charge in [-0.3, -0.25) is 14.7 Å². The van der Waals surface area contributed by atoms with Crippen molar-refractivity contribution in [2.75, 3.05) is 19.6 Å². The van der Waals surface area contributed by atoms with Crippen LogP contribution in [0.1, 0.15) is 54.5 Å². The highest BCUT2D eigenvalue weighted by atomic mass is 16.4. The number of carbonyl (C=O) groups is 1. The van der Waals surface area contributed by atoms with E-state index in [-0.39, 0.29) is 5.92 Å². The molecule has 2 aliphatic heterocycles. The first kappa shape index (κ1) is 24.9. The number of benzene rings is 3. The molecule has 5 rings (SSSR count). The third-order valence-corrected chi connectivity index (χ3v) is 7.32. The molecule has 188 valence electrons. The van der Waals surface area contributed by atoms with Crippen molar-refractivity contribution < 1.29 is 9.90 Å². The van der Waals surface area contributed by atoms with E-state index in [1.165, 1.54) is 5.56 Å². The zero-order valence-corrected chi connectivity index (χ0v) is 21.4. The second kappa shape index (κ2) is 10.7. The standard InChI is InChI=1S/C31H32N4O2/c1-20(2)14-21-9-10-22(15-25(21)16-32)29-17-33-30(34-29)28-12-11-23(26-7-3-4-8-27(26)28)18-35-13-5-6-24(19-35)31(36)37/h3-4,7-12,15,20,24H,5-6,13-14,17-19H2,1-2H3,(H,36,37).